The topological polar surface area (TPSA) is 26.3 Å². The first-order valence-corrected chi connectivity index (χ1v) is 7.66. The summed E-state index contributed by atoms with van der Waals surface area (Å²) < 4.78 is 5.34. The minimum Gasteiger partial charge on any atom is -0.461 e. The van der Waals surface area contributed by atoms with Gasteiger partial charge in [0.2, 0.25) is 0 Å². The maximum atomic E-state index is 11.5. The van der Waals surface area contributed by atoms with Gasteiger partial charge in [0, 0.05) is 6.42 Å². The van der Waals surface area contributed by atoms with Gasteiger partial charge in [-0.15, -0.1) is 0 Å². The maximum Gasteiger partial charge on any atom is 0.306 e. The van der Waals surface area contributed by atoms with Gasteiger partial charge in [-0.05, 0) is 30.4 Å². The zero-order valence-electron chi connectivity index (χ0n) is 12.7. The molecule has 1 aromatic carbocycles. The standard InChI is InChI=1S/C18H26O2/c1-3-5-7-13-17(15-20-18(19)10-4-2)14-16-11-8-6-9-12-16/h6,8-9,11-12,14H,3-5,7,10,13,15H2,1-2H3/b17-14-. The lowest BCUT2D eigenvalue weighted by Crippen LogP contribution is -2.07. The molecule has 0 aliphatic heterocycles. The average molecular weight is 274 g/mol. The highest BCUT2D eigenvalue weighted by Gasteiger charge is 2.04. The van der Waals surface area contributed by atoms with Crippen molar-refractivity contribution in [3.05, 3.63) is 41.5 Å². The summed E-state index contributed by atoms with van der Waals surface area (Å²) in [7, 11) is 0. The minimum atomic E-state index is -0.0954. The van der Waals surface area contributed by atoms with Gasteiger partial charge in [0.15, 0.2) is 0 Å². The van der Waals surface area contributed by atoms with Crippen LogP contribution in [-0.2, 0) is 9.53 Å². The number of benzene rings is 1. The van der Waals surface area contributed by atoms with Gasteiger partial charge >= 0.3 is 5.97 Å². The van der Waals surface area contributed by atoms with Crippen molar-refractivity contribution < 1.29 is 9.53 Å². The molecule has 0 aliphatic rings. The van der Waals surface area contributed by atoms with E-state index in [4.69, 9.17) is 4.74 Å². The van der Waals surface area contributed by atoms with E-state index >= 15 is 0 Å². The third kappa shape index (κ3) is 7.13. The van der Waals surface area contributed by atoms with E-state index in [-0.39, 0.29) is 5.97 Å². The van der Waals surface area contributed by atoms with Crippen LogP contribution in [-0.4, -0.2) is 12.6 Å². The second kappa shape index (κ2) is 10.2. The Hall–Kier alpha value is -1.57. The van der Waals surface area contributed by atoms with E-state index in [1.54, 1.807) is 0 Å². The van der Waals surface area contributed by atoms with E-state index in [9.17, 15) is 4.79 Å². The minimum absolute atomic E-state index is 0.0954. The molecule has 0 aromatic heterocycles. The predicted octanol–water partition coefficient (Wildman–Crippen LogP) is 4.99. The summed E-state index contributed by atoms with van der Waals surface area (Å²) in [5.41, 5.74) is 2.37. The van der Waals surface area contributed by atoms with Crippen LogP contribution in [0.3, 0.4) is 0 Å². The van der Waals surface area contributed by atoms with Gasteiger partial charge < -0.3 is 4.74 Å². The van der Waals surface area contributed by atoms with E-state index in [2.05, 4.69) is 25.1 Å². The summed E-state index contributed by atoms with van der Waals surface area (Å²) in [5, 5.41) is 0. The summed E-state index contributed by atoms with van der Waals surface area (Å²) in [5.74, 6) is -0.0954. The van der Waals surface area contributed by atoms with Crippen LogP contribution >= 0.6 is 0 Å². The Balaban J connectivity index is 2.60. The lowest BCUT2D eigenvalue weighted by Gasteiger charge is -2.09. The van der Waals surface area contributed by atoms with Gasteiger partial charge in [-0.2, -0.15) is 0 Å². The van der Waals surface area contributed by atoms with Crippen molar-refractivity contribution in [1.29, 1.82) is 0 Å². The molecule has 0 aliphatic carbocycles. The highest BCUT2D eigenvalue weighted by molar-refractivity contribution is 5.69. The molecule has 1 rings (SSSR count). The number of hydrogen-bond donors (Lipinski definition) is 0. The van der Waals surface area contributed by atoms with Gasteiger partial charge in [-0.25, -0.2) is 0 Å². The van der Waals surface area contributed by atoms with Gasteiger partial charge in [-0.3, -0.25) is 4.79 Å². The van der Waals surface area contributed by atoms with E-state index in [1.165, 1.54) is 24.0 Å². The number of carbonyl (C=O) groups excluding carboxylic acids is 1. The fourth-order valence-corrected chi connectivity index (χ4v) is 2.02. The van der Waals surface area contributed by atoms with Crippen LogP contribution in [0.2, 0.25) is 0 Å². The molecule has 110 valence electrons. The number of ether oxygens (including phenoxy) is 1. The van der Waals surface area contributed by atoms with Gasteiger partial charge in [0.05, 0.1) is 0 Å². The fourth-order valence-electron chi connectivity index (χ4n) is 2.02. The van der Waals surface area contributed by atoms with Crippen LogP contribution in [0.4, 0.5) is 0 Å². The molecule has 0 N–H and O–H groups in total. The summed E-state index contributed by atoms with van der Waals surface area (Å²) in [6.07, 6.45) is 8.07. The average Bonchev–Trinajstić information content (AvgIpc) is 2.46. The fraction of sp³-hybridized carbons (Fsp3) is 0.500. The van der Waals surface area contributed by atoms with Crippen molar-refractivity contribution in [2.24, 2.45) is 0 Å². The number of unbranched alkanes of at least 4 members (excludes halogenated alkanes) is 2. The lowest BCUT2D eigenvalue weighted by molar-refractivity contribution is -0.142. The van der Waals surface area contributed by atoms with E-state index in [1.807, 2.05) is 25.1 Å². The maximum absolute atomic E-state index is 11.5. The van der Waals surface area contributed by atoms with Crippen molar-refractivity contribution in [2.75, 3.05) is 6.61 Å². The molecule has 20 heavy (non-hydrogen) atoms. The second-order valence-corrected chi connectivity index (χ2v) is 5.08. The van der Waals surface area contributed by atoms with Gasteiger partial charge in [0.1, 0.15) is 6.61 Å². The van der Waals surface area contributed by atoms with Crippen LogP contribution in [0.15, 0.2) is 35.9 Å². The molecular weight excluding hydrogens is 248 g/mol. The highest BCUT2D eigenvalue weighted by atomic mass is 16.5. The molecule has 0 unspecified atom stereocenters. The molecule has 0 bridgehead atoms. The Morgan fingerprint density at radius 3 is 2.45 bits per heavy atom. The predicted molar refractivity (Wildman–Crippen MR) is 84.4 cm³/mol. The Morgan fingerprint density at radius 2 is 1.80 bits per heavy atom. The SMILES string of the molecule is CCCCC/C(=C/c1ccccc1)COC(=O)CCC. The van der Waals surface area contributed by atoms with E-state index < -0.39 is 0 Å². The first kappa shape index (κ1) is 16.5. The molecule has 0 amide bonds. The van der Waals surface area contributed by atoms with Crippen molar-refractivity contribution >= 4 is 12.0 Å². The molecule has 0 heterocycles. The smallest absolute Gasteiger partial charge is 0.306 e. The Kier molecular flexibility index (Phi) is 8.44. The first-order valence-electron chi connectivity index (χ1n) is 7.66. The lowest BCUT2D eigenvalue weighted by atomic mass is 10.0. The summed E-state index contributed by atoms with van der Waals surface area (Å²) >= 11 is 0. The zero-order valence-corrected chi connectivity index (χ0v) is 12.7. The Morgan fingerprint density at radius 1 is 1.05 bits per heavy atom. The zero-order chi connectivity index (χ0) is 14.6. The molecule has 0 saturated heterocycles. The van der Waals surface area contributed by atoms with Crippen molar-refractivity contribution in [1.82, 2.24) is 0 Å². The molecule has 2 heteroatoms. The molecule has 0 saturated carbocycles. The second-order valence-electron chi connectivity index (χ2n) is 5.08. The van der Waals surface area contributed by atoms with Crippen molar-refractivity contribution in [2.45, 2.75) is 52.4 Å². The molecule has 0 spiro atoms. The molecule has 0 radical (unpaired) electrons. The third-order valence-corrected chi connectivity index (χ3v) is 3.14. The normalized spacial score (nSPS) is 11.4. The largest absolute Gasteiger partial charge is 0.461 e. The monoisotopic (exact) mass is 274 g/mol. The van der Waals surface area contributed by atoms with E-state index in [0.29, 0.717) is 13.0 Å². The molecular formula is C18H26O2. The Labute approximate surface area is 122 Å². The first-order chi connectivity index (χ1) is 9.76. The quantitative estimate of drug-likeness (QED) is 0.468. The number of rotatable bonds is 9. The molecule has 0 fully saturated rings. The molecule has 0 atom stereocenters. The number of esters is 1. The number of hydrogen-bond acceptors (Lipinski definition) is 2. The van der Waals surface area contributed by atoms with Gasteiger partial charge in [0.25, 0.3) is 0 Å². The number of carbonyl (C=O) groups is 1. The van der Waals surface area contributed by atoms with Crippen molar-refractivity contribution in [3.63, 3.8) is 0 Å². The van der Waals surface area contributed by atoms with Crippen LogP contribution in [0.5, 0.6) is 0 Å². The van der Waals surface area contributed by atoms with Crippen LogP contribution in [0.1, 0.15) is 57.9 Å². The summed E-state index contributed by atoms with van der Waals surface area (Å²) in [4.78, 5) is 11.5. The molecule has 1 aromatic rings. The van der Waals surface area contributed by atoms with Crippen molar-refractivity contribution in [3.8, 4) is 0 Å². The van der Waals surface area contributed by atoms with Crippen LogP contribution in [0, 0.1) is 0 Å². The van der Waals surface area contributed by atoms with Gasteiger partial charge in [-0.1, -0.05) is 63.1 Å². The highest BCUT2D eigenvalue weighted by Crippen LogP contribution is 2.14. The van der Waals surface area contributed by atoms with Crippen LogP contribution < -0.4 is 0 Å². The Bertz CT molecular complexity index is 407. The molecule has 2 nitrogen and oxygen atoms in total. The summed E-state index contributed by atoms with van der Waals surface area (Å²) in [6, 6.07) is 10.2. The van der Waals surface area contributed by atoms with E-state index in [0.717, 1.165) is 19.3 Å². The van der Waals surface area contributed by atoms with Crippen LogP contribution in [0.25, 0.3) is 6.08 Å². The summed E-state index contributed by atoms with van der Waals surface area (Å²) in [6.45, 7) is 4.61. The third-order valence-electron chi connectivity index (χ3n) is 3.14.